The van der Waals surface area contributed by atoms with Gasteiger partial charge in [0.25, 0.3) is 0 Å². The summed E-state index contributed by atoms with van der Waals surface area (Å²) in [5.41, 5.74) is 0.981. The lowest BCUT2D eigenvalue weighted by Crippen LogP contribution is -2.16. The summed E-state index contributed by atoms with van der Waals surface area (Å²) in [5.74, 6) is 0.0555. The number of Topliss-reactive ketones (excluding diaryl/α,β-unsaturated/α-hetero) is 1. The Bertz CT molecular complexity index is 509. The number of pyridine rings is 1. The number of hydrogen-bond donors (Lipinski definition) is 0. The molecule has 5 heteroatoms. The van der Waals surface area contributed by atoms with Crippen molar-refractivity contribution in [2.24, 2.45) is 0 Å². The second-order valence-corrected chi connectivity index (χ2v) is 4.75. The number of carbonyl (C=O) groups is 1. The maximum Gasteiger partial charge on any atom is 0.186 e. The highest BCUT2D eigenvalue weighted by molar-refractivity contribution is 7.17. The Morgan fingerprint density at radius 1 is 1.41 bits per heavy atom. The van der Waals surface area contributed by atoms with Crippen LogP contribution < -0.4 is 4.90 Å². The Morgan fingerprint density at radius 3 is 2.82 bits per heavy atom. The first kappa shape index (κ1) is 11.7. The minimum Gasteiger partial charge on any atom is -0.345 e. The number of anilines is 1. The van der Waals surface area contributed by atoms with Crippen molar-refractivity contribution in [1.29, 1.82) is 0 Å². The van der Waals surface area contributed by atoms with E-state index in [2.05, 4.69) is 9.97 Å². The molecule has 2 rings (SSSR count). The fourth-order valence-corrected chi connectivity index (χ4v) is 2.18. The molecule has 0 aliphatic heterocycles. The molecular formula is C12H13N3OS. The zero-order valence-corrected chi connectivity index (χ0v) is 10.6. The van der Waals surface area contributed by atoms with Crippen molar-refractivity contribution < 1.29 is 4.79 Å². The van der Waals surface area contributed by atoms with Crippen LogP contribution in [0.15, 0.2) is 30.6 Å². The van der Waals surface area contributed by atoms with E-state index in [1.807, 2.05) is 30.1 Å². The molecule has 0 spiro atoms. The van der Waals surface area contributed by atoms with E-state index in [1.54, 1.807) is 19.3 Å². The second kappa shape index (κ2) is 5.05. The molecule has 17 heavy (non-hydrogen) atoms. The van der Waals surface area contributed by atoms with E-state index in [0.717, 1.165) is 10.8 Å². The van der Waals surface area contributed by atoms with Crippen molar-refractivity contribution in [3.63, 3.8) is 0 Å². The average Bonchev–Trinajstić information content (AvgIpc) is 2.79. The van der Waals surface area contributed by atoms with E-state index in [0.29, 0.717) is 11.4 Å². The van der Waals surface area contributed by atoms with Gasteiger partial charge in [-0.2, -0.15) is 0 Å². The molecule has 2 aromatic heterocycles. The molecule has 0 aliphatic carbocycles. The fraction of sp³-hybridized carbons (Fsp3) is 0.250. The molecule has 0 unspecified atom stereocenters. The molecule has 2 heterocycles. The fourth-order valence-electron chi connectivity index (χ4n) is 1.41. The van der Waals surface area contributed by atoms with Gasteiger partial charge in [0.2, 0.25) is 0 Å². The summed E-state index contributed by atoms with van der Waals surface area (Å²) in [7, 11) is 1.94. The van der Waals surface area contributed by atoms with E-state index < -0.39 is 0 Å². The molecule has 0 fully saturated rings. The molecule has 0 aromatic carbocycles. The number of nitrogens with zero attached hydrogens (tertiary/aromatic N) is 3. The smallest absolute Gasteiger partial charge is 0.186 e. The third-order valence-electron chi connectivity index (χ3n) is 2.29. The summed E-state index contributed by atoms with van der Waals surface area (Å²) in [4.78, 5) is 22.3. The summed E-state index contributed by atoms with van der Waals surface area (Å²) in [5, 5.41) is 0.834. The van der Waals surface area contributed by atoms with Crippen LogP contribution in [0.1, 0.15) is 22.3 Å². The highest BCUT2D eigenvalue weighted by Gasteiger charge is 2.10. The molecule has 0 N–H and O–H groups in total. The topological polar surface area (TPSA) is 46.1 Å². The third-order valence-corrected chi connectivity index (χ3v) is 3.50. The molecule has 2 aromatic rings. The molecule has 0 bridgehead atoms. The van der Waals surface area contributed by atoms with Crippen LogP contribution in [0.2, 0.25) is 0 Å². The average molecular weight is 247 g/mol. The van der Waals surface area contributed by atoms with Gasteiger partial charge in [0, 0.05) is 20.2 Å². The maximum absolute atomic E-state index is 11.2. The van der Waals surface area contributed by atoms with Crippen molar-refractivity contribution in [1.82, 2.24) is 9.97 Å². The van der Waals surface area contributed by atoms with E-state index in [4.69, 9.17) is 0 Å². The number of thiazole rings is 1. The van der Waals surface area contributed by atoms with Gasteiger partial charge in [0.1, 0.15) is 0 Å². The van der Waals surface area contributed by atoms with Crippen molar-refractivity contribution >= 4 is 22.3 Å². The molecule has 0 saturated heterocycles. The molecule has 4 nitrogen and oxygen atoms in total. The lowest BCUT2D eigenvalue weighted by atomic mass is 10.3. The van der Waals surface area contributed by atoms with Crippen molar-refractivity contribution in [2.75, 3.05) is 11.9 Å². The van der Waals surface area contributed by atoms with Crippen LogP contribution in [-0.4, -0.2) is 22.8 Å². The lowest BCUT2D eigenvalue weighted by Gasteiger charge is -2.14. The number of hydrogen-bond acceptors (Lipinski definition) is 5. The molecule has 0 saturated carbocycles. The zero-order valence-electron chi connectivity index (χ0n) is 9.75. The van der Waals surface area contributed by atoms with Crippen LogP contribution in [0, 0.1) is 0 Å². The second-order valence-electron chi connectivity index (χ2n) is 3.74. The van der Waals surface area contributed by atoms with E-state index >= 15 is 0 Å². The van der Waals surface area contributed by atoms with Gasteiger partial charge in [-0.3, -0.25) is 9.78 Å². The van der Waals surface area contributed by atoms with Crippen molar-refractivity contribution in [2.45, 2.75) is 13.5 Å². The monoisotopic (exact) mass is 247 g/mol. The number of ketones is 1. The Labute approximate surface area is 104 Å². The van der Waals surface area contributed by atoms with Crippen LogP contribution in [0.3, 0.4) is 0 Å². The normalized spacial score (nSPS) is 10.2. The van der Waals surface area contributed by atoms with Gasteiger partial charge in [-0.25, -0.2) is 4.98 Å². The molecule has 0 aliphatic rings. The van der Waals surface area contributed by atoms with Crippen LogP contribution >= 0.6 is 11.3 Å². The van der Waals surface area contributed by atoms with Gasteiger partial charge in [0.05, 0.1) is 23.3 Å². The summed E-state index contributed by atoms with van der Waals surface area (Å²) in [6.07, 6.45) is 3.39. The van der Waals surface area contributed by atoms with E-state index in [9.17, 15) is 4.79 Å². The Hall–Kier alpha value is -1.75. The van der Waals surface area contributed by atoms with Crippen LogP contribution in [-0.2, 0) is 6.54 Å². The quantitative estimate of drug-likeness (QED) is 0.778. The molecule has 0 atom stereocenters. The first-order valence-corrected chi connectivity index (χ1v) is 6.06. The first-order chi connectivity index (χ1) is 8.16. The Morgan fingerprint density at radius 2 is 2.24 bits per heavy atom. The van der Waals surface area contributed by atoms with Gasteiger partial charge in [-0.15, -0.1) is 0 Å². The van der Waals surface area contributed by atoms with Crippen LogP contribution in [0.4, 0.5) is 5.13 Å². The minimum absolute atomic E-state index is 0.0555. The standard InChI is InChI=1S/C12H13N3OS/c1-9(16)11-7-14-12(17-11)15(2)8-10-5-3-4-6-13-10/h3-7H,8H2,1-2H3. The van der Waals surface area contributed by atoms with Crippen molar-refractivity contribution in [3.8, 4) is 0 Å². The minimum atomic E-state index is 0.0555. The number of carbonyl (C=O) groups excluding carboxylic acids is 1. The number of aromatic nitrogens is 2. The van der Waals surface area contributed by atoms with Gasteiger partial charge in [-0.05, 0) is 12.1 Å². The predicted molar refractivity (Wildman–Crippen MR) is 68.5 cm³/mol. The molecule has 0 radical (unpaired) electrons. The largest absolute Gasteiger partial charge is 0.345 e. The van der Waals surface area contributed by atoms with Gasteiger partial charge < -0.3 is 4.90 Å². The van der Waals surface area contributed by atoms with Gasteiger partial charge >= 0.3 is 0 Å². The Kier molecular flexibility index (Phi) is 3.49. The lowest BCUT2D eigenvalue weighted by molar-refractivity contribution is 0.102. The summed E-state index contributed by atoms with van der Waals surface area (Å²) >= 11 is 1.41. The number of rotatable bonds is 4. The van der Waals surface area contributed by atoms with E-state index in [-0.39, 0.29) is 5.78 Å². The third kappa shape index (κ3) is 2.88. The van der Waals surface area contributed by atoms with E-state index in [1.165, 1.54) is 11.3 Å². The highest BCUT2D eigenvalue weighted by atomic mass is 32.1. The summed E-state index contributed by atoms with van der Waals surface area (Å²) < 4.78 is 0. The SMILES string of the molecule is CC(=O)c1cnc(N(C)Cc2ccccn2)s1. The summed E-state index contributed by atoms with van der Waals surface area (Å²) in [6, 6.07) is 5.82. The molecule has 88 valence electrons. The zero-order chi connectivity index (χ0) is 12.3. The molecule has 0 amide bonds. The Balaban J connectivity index is 2.09. The van der Waals surface area contributed by atoms with Gasteiger partial charge in [0.15, 0.2) is 10.9 Å². The summed E-state index contributed by atoms with van der Waals surface area (Å²) in [6.45, 7) is 2.24. The first-order valence-electron chi connectivity index (χ1n) is 5.24. The van der Waals surface area contributed by atoms with Crippen LogP contribution in [0.25, 0.3) is 0 Å². The maximum atomic E-state index is 11.2. The molecular weight excluding hydrogens is 234 g/mol. The van der Waals surface area contributed by atoms with Crippen LogP contribution in [0.5, 0.6) is 0 Å². The van der Waals surface area contributed by atoms with Gasteiger partial charge in [-0.1, -0.05) is 17.4 Å². The predicted octanol–water partition coefficient (Wildman–Crippen LogP) is 2.38. The highest BCUT2D eigenvalue weighted by Crippen LogP contribution is 2.22. The van der Waals surface area contributed by atoms with Crippen molar-refractivity contribution in [3.05, 3.63) is 41.2 Å².